The second-order valence-corrected chi connectivity index (χ2v) is 5.12. The molecule has 0 aromatic heterocycles. The average Bonchev–Trinajstić information content (AvgIpc) is 2.83. The van der Waals surface area contributed by atoms with Gasteiger partial charge < -0.3 is 14.8 Å². The van der Waals surface area contributed by atoms with Crippen LogP contribution in [0.25, 0.3) is 0 Å². The smallest absolute Gasteiger partial charge is 0.0588 e. The van der Waals surface area contributed by atoms with Crippen molar-refractivity contribution in [3.8, 4) is 0 Å². The molecule has 94 valence electrons. The third kappa shape index (κ3) is 3.72. The predicted octanol–water partition coefficient (Wildman–Crippen LogP) is 1.96. The maximum absolute atomic E-state index is 5.62. The van der Waals surface area contributed by atoms with E-state index in [2.05, 4.69) is 12.2 Å². The van der Waals surface area contributed by atoms with Crippen LogP contribution in [0, 0.1) is 5.92 Å². The number of hydrogen-bond acceptors (Lipinski definition) is 3. The molecule has 2 saturated heterocycles. The van der Waals surface area contributed by atoms with E-state index >= 15 is 0 Å². The van der Waals surface area contributed by atoms with E-state index in [-0.39, 0.29) is 0 Å². The highest BCUT2D eigenvalue weighted by atomic mass is 16.5. The molecule has 2 heterocycles. The number of hydrogen-bond donors (Lipinski definition) is 1. The monoisotopic (exact) mass is 227 g/mol. The molecule has 0 aromatic rings. The van der Waals surface area contributed by atoms with Crippen LogP contribution in [-0.4, -0.2) is 38.5 Å². The standard InChI is InChI=1S/C13H25NO2/c1-11(12-5-9-15-10-6-12)14-7-4-13-3-2-8-16-13/h11-14H,2-10H2,1H3. The van der Waals surface area contributed by atoms with Crippen LogP contribution in [0.3, 0.4) is 0 Å². The van der Waals surface area contributed by atoms with Gasteiger partial charge in [-0.15, -0.1) is 0 Å². The number of ether oxygens (including phenoxy) is 2. The molecule has 2 aliphatic heterocycles. The molecule has 0 aromatic carbocycles. The molecule has 3 heteroatoms. The van der Waals surface area contributed by atoms with E-state index in [0.717, 1.165) is 32.3 Å². The van der Waals surface area contributed by atoms with Gasteiger partial charge in [0.1, 0.15) is 0 Å². The van der Waals surface area contributed by atoms with Crippen molar-refractivity contribution in [1.29, 1.82) is 0 Å². The third-order valence-corrected chi connectivity index (χ3v) is 3.93. The zero-order valence-electron chi connectivity index (χ0n) is 10.4. The van der Waals surface area contributed by atoms with E-state index < -0.39 is 0 Å². The molecule has 0 amide bonds. The second-order valence-electron chi connectivity index (χ2n) is 5.12. The predicted molar refractivity (Wildman–Crippen MR) is 64.6 cm³/mol. The Labute approximate surface area is 98.9 Å². The molecule has 16 heavy (non-hydrogen) atoms. The second kappa shape index (κ2) is 6.58. The minimum Gasteiger partial charge on any atom is -0.381 e. The van der Waals surface area contributed by atoms with Gasteiger partial charge in [-0.25, -0.2) is 0 Å². The quantitative estimate of drug-likeness (QED) is 0.779. The largest absolute Gasteiger partial charge is 0.381 e. The van der Waals surface area contributed by atoms with Crippen LogP contribution >= 0.6 is 0 Å². The molecule has 3 nitrogen and oxygen atoms in total. The van der Waals surface area contributed by atoms with E-state index in [1.807, 2.05) is 0 Å². The van der Waals surface area contributed by atoms with Gasteiger partial charge in [-0.1, -0.05) is 0 Å². The molecule has 2 unspecified atom stereocenters. The average molecular weight is 227 g/mol. The Morgan fingerprint density at radius 3 is 2.69 bits per heavy atom. The summed E-state index contributed by atoms with van der Waals surface area (Å²) in [7, 11) is 0. The van der Waals surface area contributed by atoms with Crippen molar-refractivity contribution < 1.29 is 9.47 Å². The van der Waals surface area contributed by atoms with Crippen molar-refractivity contribution in [2.75, 3.05) is 26.4 Å². The van der Waals surface area contributed by atoms with Crippen molar-refractivity contribution in [2.24, 2.45) is 5.92 Å². The Kier molecular flexibility index (Phi) is 5.07. The lowest BCUT2D eigenvalue weighted by molar-refractivity contribution is 0.0546. The highest BCUT2D eigenvalue weighted by molar-refractivity contribution is 4.75. The van der Waals surface area contributed by atoms with Crippen LogP contribution < -0.4 is 5.32 Å². The number of rotatable bonds is 5. The first-order chi connectivity index (χ1) is 7.86. The summed E-state index contributed by atoms with van der Waals surface area (Å²) in [6, 6.07) is 0.630. The van der Waals surface area contributed by atoms with E-state index in [1.54, 1.807) is 0 Å². The van der Waals surface area contributed by atoms with Gasteiger partial charge in [-0.05, 0) is 51.5 Å². The van der Waals surface area contributed by atoms with Gasteiger partial charge in [-0.3, -0.25) is 0 Å². The molecule has 2 atom stereocenters. The van der Waals surface area contributed by atoms with Crippen molar-refractivity contribution >= 4 is 0 Å². The summed E-state index contributed by atoms with van der Waals surface area (Å²) < 4.78 is 11.0. The molecule has 0 aliphatic carbocycles. The molecular weight excluding hydrogens is 202 g/mol. The van der Waals surface area contributed by atoms with Crippen LogP contribution in [-0.2, 0) is 9.47 Å². The Bertz CT molecular complexity index is 186. The Morgan fingerprint density at radius 1 is 1.19 bits per heavy atom. The van der Waals surface area contributed by atoms with Crippen molar-refractivity contribution in [2.45, 2.75) is 51.2 Å². The van der Waals surface area contributed by atoms with Crippen molar-refractivity contribution in [3.63, 3.8) is 0 Å². The first kappa shape index (κ1) is 12.3. The van der Waals surface area contributed by atoms with Gasteiger partial charge in [0.05, 0.1) is 6.10 Å². The van der Waals surface area contributed by atoms with Crippen LogP contribution in [0.15, 0.2) is 0 Å². The van der Waals surface area contributed by atoms with Gasteiger partial charge in [-0.2, -0.15) is 0 Å². The van der Waals surface area contributed by atoms with E-state index in [1.165, 1.54) is 32.1 Å². The molecule has 2 aliphatic rings. The summed E-state index contributed by atoms with van der Waals surface area (Å²) in [5.74, 6) is 0.804. The van der Waals surface area contributed by atoms with E-state index in [9.17, 15) is 0 Å². The molecule has 0 saturated carbocycles. The number of nitrogens with one attached hydrogen (secondary N) is 1. The van der Waals surface area contributed by atoms with Crippen LogP contribution in [0.5, 0.6) is 0 Å². The maximum Gasteiger partial charge on any atom is 0.0588 e. The lowest BCUT2D eigenvalue weighted by Gasteiger charge is -2.28. The topological polar surface area (TPSA) is 30.5 Å². The lowest BCUT2D eigenvalue weighted by atomic mass is 9.93. The van der Waals surface area contributed by atoms with Gasteiger partial charge >= 0.3 is 0 Å². The molecular formula is C13H25NO2. The Morgan fingerprint density at radius 2 is 2.00 bits per heavy atom. The third-order valence-electron chi connectivity index (χ3n) is 3.93. The molecule has 0 spiro atoms. The van der Waals surface area contributed by atoms with Crippen LogP contribution in [0.4, 0.5) is 0 Å². The first-order valence-corrected chi connectivity index (χ1v) is 6.79. The summed E-state index contributed by atoms with van der Waals surface area (Å²) in [5.41, 5.74) is 0. The van der Waals surface area contributed by atoms with Crippen LogP contribution in [0.2, 0.25) is 0 Å². The highest BCUT2D eigenvalue weighted by Crippen LogP contribution is 2.19. The lowest BCUT2D eigenvalue weighted by Crippen LogP contribution is -2.38. The molecule has 2 rings (SSSR count). The molecule has 1 N–H and O–H groups in total. The van der Waals surface area contributed by atoms with Crippen molar-refractivity contribution in [3.05, 3.63) is 0 Å². The van der Waals surface area contributed by atoms with Crippen LogP contribution in [0.1, 0.15) is 39.0 Å². The summed E-state index contributed by atoms with van der Waals surface area (Å²) >= 11 is 0. The minimum absolute atomic E-state index is 0.523. The maximum atomic E-state index is 5.62. The van der Waals surface area contributed by atoms with Gasteiger partial charge in [0.15, 0.2) is 0 Å². The zero-order valence-corrected chi connectivity index (χ0v) is 10.4. The van der Waals surface area contributed by atoms with Gasteiger partial charge in [0, 0.05) is 25.9 Å². The highest BCUT2D eigenvalue weighted by Gasteiger charge is 2.20. The normalized spacial score (nSPS) is 29.4. The fourth-order valence-corrected chi connectivity index (χ4v) is 2.73. The van der Waals surface area contributed by atoms with Gasteiger partial charge in [0.2, 0.25) is 0 Å². The zero-order chi connectivity index (χ0) is 11.2. The fraction of sp³-hybridized carbons (Fsp3) is 1.00. The van der Waals surface area contributed by atoms with Gasteiger partial charge in [0.25, 0.3) is 0 Å². The minimum atomic E-state index is 0.523. The fourth-order valence-electron chi connectivity index (χ4n) is 2.73. The van der Waals surface area contributed by atoms with Crippen molar-refractivity contribution in [1.82, 2.24) is 5.32 Å². The first-order valence-electron chi connectivity index (χ1n) is 6.79. The summed E-state index contributed by atoms with van der Waals surface area (Å²) in [4.78, 5) is 0. The Balaban J connectivity index is 1.57. The van der Waals surface area contributed by atoms with E-state index in [0.29, 0.717) is 12.1 Å². The van der Waals surface area contributed by atoms with E-state index in [4.69, 9.17) is 9.47 Å². The SMILES string of the molecule is CC(NCCC1CCCO1)C1CCOCC1. The molecule has 0 radical (unpaired) electrons. The summed E-state index contributed by atoms with van der Waals surface area (Å²) in [6.07, 6.45) is 6.64. The summed E-state index contributed by atoms with van der Waals surface area (Å²) in [5, 5.41) is 3.64. The molecule has 0 bridgehead atoms. The molecule has 2 fully saturated rings. The Hall–Kier alpha value is -0.120. The summed E-state index contributed by atoms with van der Waals surface area (Å²) in [6.45, 7) is 6.28.